The summed E-state index contributed by atoms with van der Waals surface area (Å²) in [4.78, 5) is 8.50. The predicted molar refractivity (Wildman–Crippen MR) is 75.4 cm³/mol. The van der Waals surface area contributed by atoms with Crippen molar-refractivity contribution >= 4 is 11.8 Å². The van der Waals surface area contributed by atoms with E-state index in [0.717, 1.165) is 11.1 Å². The highest BCUT2D eigenvalue weighted by atomic mass is 32.2. The van der Waals surface area contributed by atoms with Crippen LogP contribution in [0.15, 0.2) is 41.8 Å². The number of aromatic nitrogens is 2. The number of halogens is 1. The van der Waals surface area contributed by atoms with Crippen molar-refractivity contribution in [2.24, 2.45) is 5.73 Å². The highest BCUT2D eigenvalue weighted by molar-refractivity contribution is 7.99. The molecule has 3 nitrogen and oxygen atoms in total. The first-order chi connectivity index (χ1) is 9.06. The topological polar surface area (TPSA) is 51.8 Å². The molecule has 0 saturated heterocycles. The van der Waals surface area contributed by atoms with Crippen molar-refractivity contribution in [3.8, 4) is 0 Å². The van der Waals surface area contributed by atoms with Crippen molar-refractivity contribution in [1.29, 1.82) is 0 Å². The van der Waals surface area contributed by atoms with E-state index in [1.165, 1.54) is 23.9 Å². The number of rotatable bonds is 4. The minimum Gasteiger partial charge on any atom is -0.327 e. The number of thioether (sulfide) groups is 1. The molecule has 2 N–H and O–H groups in total. The van der Waals surface area contributed by atoms with Crippen LogP contribution >= 0.6 is 11.8 Å². The molecule has 19 heavy (non-hydrogen) atoms. The number of hydrogen-bond donors (Lipinski definition) is 1. The monoisotopic (exact) mass is 277 g/mol. The van der Waals surface area contributed by atoms with Gasteiger partial charge in [-0.05, 0) is 37.1 Å². The van der Waals surface area contributed by atoms with Crippen molar-refractivity contribution in [2.45, 2.75) is 30.3 Å². The van der Waals surface area contributed by atoms with Gasteiger partial charge in [0.25, 0.3) is 0 Å². The number of hydrogen-bond acceptors (Lipinski definition) is 4. The van der Waals surface area contributed by atoms with Gasteiger partial charge in [0.15, 0.2) is 5.16 Å². The van der Waals surface area contributed by atoms with Gasteiger partial charge in [0.05, 0.1) is 5.25 Å². The maximum absolute atomic E-state index is 13.3. The highest BCUT2D eigenvalue weighted by Crippen LogP contribution is 2.35. The molecular weight excluding hydrogens is 261 g/mol. The molecule has 5 heteroatoms. The summed E-state index contributed by atoms with van der Waals surface area (Å²) in [6.07, 6.45) is 3.53. The zero-order valence-corrected chi connectivity index (χ0v) is 11.7. The Labute approximate surface area is 116 Å². The molecule has 0 aliphatic heterocycles. The molecule has 2 atom stereocenters. The summed E-state index contributed by atoms with van der Waals surface area (Å²) < 4.78 is 13.3. The normalized spacial score (nSPS) is 14.1. The van der Waals surface area contributed by atoms with Crippen molar-refractivity contribution in [3.63, 3.8) is 0 Å². The smallest absolute Gasteiger partial charge is 0.188 e. The molecule has 0 aliphatic carbocycles. The van der Waals surface area contributed by atoms with E-state index in [4.69, 9.17) is 5.73 Å². The molecule has 1 aromatic heterocycles. The Morgan fingerprint density at radius 1 is 1.26 bits per heavy atom. The average molecular weight is 277 g/mol. The SMILES string of the molecule is Cc1cnc(SC(c2cccc(F)c2)C(C)N)nc1. The minimum atomic E-state index is -0.256. The molecule has 0 bridgehead atoms. The van der Waals surface area contributed by atoms with E-state index in [2.05, 4.69) is 9.97 Å². The van der Waals surface area contributed by atoms with Crippen LogP contribution in [-0.2, 0) is 0 Å². The van der Waals surface area contributed by atoms with Crippen LogP contribution in [0.1, 0.15) is 23.3 Å². The first-order valence-corrected chi connectivity index (χ1v) is 6.90. The zero-order chi connectivity index (χ0) is 13.8. The Morgan fingerprint density at radius 2 is 1.95 bits per heavy atom. The maximum atomic E-state index is 13.3. The third-order valence-electron chi connectivity index (χ3n) is 2.64. The van der Waals surface area contributed by atoms with Crippen LogP contribution < -0.4 is 5.73 Å². The van der Waals surface area contributed by atoms with Gasteiger partial charge in [-0.3, -0.25) is 0 Å². The van der Waals surface area contributed by atoms with Crippen LogP contribution in [0.25, 0.3) is 0 Å². The molecule has 0 saturated carbocycles. The van der Waals surface area contributed by atoms with Crippen LogP contribution in [0.2, 0.25) is 0 Å². The van der Waals surface area contributed by atoms with E-state index >= 15 is 0 Å². The summed E-state index contributed by atoms with van der Waals surface area (Å²) >= 11 is 1.45. The molecule has 100 valence electrons. The molecule has 0 spiro atoms. The first kappa shape index (κ1) is 14.0. The number of nitrogens with zero attached hydrogens (tertiary/aromatic N) is 2. The largest absolute Gasteiger partial charge is 0.327 e. The minimum absolute atomic E-state index is 0.0709. The van der Waals surface area contributed by atoms with Gasteiger partial charge in [0, 0.05) is 18.4 Å². The molecule has 2 rings (SSSR count). The van der Waals surface area contributed by atoms with Gasteiger partial charge in [-0.2, -0.15) is 0 Å². The Bertz CT molecular complexity index is 543. The number of aryl methyl sites for hydroxylation is 1. The lowest BCUT2D eigenvalue weighted by Crippen LogP contribution is -2.22. The summed E-state index contributed by atoms with van der Waals surface area (Å²) in [5.74, 6) is -0.256. The van der Waals surface area contributed by atoms with E-state index in [9.17, 15) is 4.39 Å². The number of nitrogens with two attached hydrogens (primary N) is 1. The lowest BCUT2D eigenvalue weighted by Gasteiger charge is -2.19. The fraction of sp³-hybridized carbons (Fsp3) is 0.286. The van der Waals surface area contributed by atoms with Gasteiger partial charge >= 0.3 is 0 Å². The van der Waals surface area contributed by atoms with E-state index in [1.54, 1.807) is 18.5 Å². The molecule has 0 fully saturated rings. The third-order valence-corrected chi connectivity index (χ3v) is 4.02. The van der Waals surface area contributed by atoms with Gasteiger partial charge in [0.2, 0.25) is 0 Å². The van der Waals surface area contributed by atoms with Crippen LogP contribution in [0.5, 0.6) is 0 Å². The van der Waals surface area contributed by atoms with Crippen LogP contribution in [0.3, 0.4) is 0 Å². The molecule has 0 aliphatic rings. The third kappa shape index (κ3) is 3.75. The summed E-state index contributed by atoms with van der Waals surface area (Å²) in [6.45, 7) is 3.83. The van der Waals surface area contributed by atoms with Crippen LogP contribution in [0, 0.1) is 12.7 Å². The number of benzene rings is 1. The lowest BCUT2D eigenvalue weighted by molar-refractivity contribution is 0.621. The van der Waals surface area contributed by atoms with Crippen molar-refractivity contribution < 1.29 is 4.39 Å². The fourth-order valence-electron chi connectivity index (χ4n) is 1.72. The summed E-state index contributed by atoms with van der Waals surface area (Å²) in [5.41, 5.74) is 7.86. The first-order valence-electron chi connectivity index (χ1n) is 6.02. The zero-order valence-electron chi connectivity index (χ0n) is 10.9. The fourth-order valence-corrected chi connectivity index (χ4v) is 2.67. The summed E-state index contributed by atoms with van der Waals surface area (Å²) in [7, 11) is 0. The molecular formula is C14H16FN3S. The van der Waals surface area contributed by atoms with Gasteiger partial charge in [0.1, 0.15) is 5.82 Å². The maximum Gasteiger partial charge on any atom is 0.188 e. The Balaban J connectivity index is 2.23. The van der Waals surface area contributed by atoms with Crippen molar-refractivity contribution in [3.05, 3.63) is 53.6 Å². The van der Waals surface area contributed by atoms with Gasteiger partial charge < -0.3 is 5.73 Å². The highest BCUT2D eigenvalue weighted by Gasteiger charge is 2.19. The molecule has 1 aromatic carbocycles. The molecule has 0 radical (unpaired) electrons. The van der Waals surface area contributed by atoms with E-state index < -0.39 is 0 Å². The molecule has 0 amide bonds. The van der Waals surface area contributed by atoms with Crippen molar-refractivity contribution in [2.75, 3.05) is 0 Å². The van der Waals surface area contributed by atoms with Crippen molar-refractivity contribution in [1.82, 2.24) is 9.97 Å². The molecule has 1 heterocycles. The van der Waals surface area contributed by atoms with E-state index in [1.807, 2.05) is 19.9 Å². The average Bonchev–Trinajstić information content (AvgIpc) is 2.37. The molecule has 2 unspecified atom stereocenters. The quantitative estimate of drug-likeness (QED) is 0.689. The second-order valence-electron chi connectivity index (χ2n) is 4.50. The predicted octanol–water partition coefficient (Wildman–Crippen LogP) is 3.10. The second kappa shape index (κ2) is 6.12. The Hall–Kier alpha value is -1.46. The van der Waals surface area contributed by atoms with Crippen LogP contribution in [0.4, 0.5) is 4.39 Å². The Morgan fingerprint density at radius 3 is 2.53 bits per heavy atom. The van der Waals surface area contributed by atoms with Gasteiger partial charge in [-0.15, -0.1) is 0 Å². The molecule has 2 aromatic rings. The van der Waals surface area contributed by atoms with E-state index in [0.29, 0.717) is 5.16 Å². The van der Waals surface area contributed by atoms with E-state index in [-0.39, 0.29) is 17.1 Å². The lowest BCUT2D eigenvalue weighted by atomic mass is 10.1. The van der Waals surface area contributed by atoms with Gasteiger partial charge in [-0.25, -0.2) is 14.4 Å². The van der Waals surface area contributed by atoms with Crippen LogP contribution in [-0.4, -0.2) is 16.0 Å². The standard InChI is InChI=1S/C14H16FN3S/c1-9-7-17-14(18-8-9)19-13(10(2)16)11-4-3-5-12(15)6-11/h3-8,10,13H,16H2,1-2H3. The Kier molecular flexibility index (Phi) is 4.50. The second-order valence-corrected chi connectivity index (χ2v) is 5.60. The van der Waals surface area contributed by atoms with Gasteiger partial charge in [-0.1, -0.05) is 23.9 Å². The summed E-state index contributed by atoms with van der Waals surface area (Å²) in [5, 5.41) is 0.579. The summed E-state index contributed by atoms with van der Waals surface area (Å²) in [6, 6.07) is 6.37.